The minimum Gasteiger partial charge on any atom is -0.463 e. The third-order valence-electron chi connectivity index (χ3n) is 2.41. The van der Waals surface area contributed by atoms with Gasteiger partial charge in [0.1, 0.15) is 0 Å². The van der Waals surface area contributed by atoms with Crippen LogP contribution < -0.4 is 5.73 Å². The van der Waals surface area contributed by atoms with Crippen molar-refractivity contribution in [1.29, 1.82) is 0 Å². The minimum absolute atomic E-state index is 0.0387. The van der Waals surface area contributed by atoms with Gasteiger partial charge in [-0.3, -0.25) is 0 Å². The zero-order valence-electron chi connectivity index (χ0n) is 8.08. The van der Waals surface area contributed by atoms with Crippen molar-refractivity contribution in [2.45, 2.75) is 38.1 Å². The molecule has 0 aromatic heterocycles. The second-order valence-electron chi connectivity index (χ2n) is 3.57. The highest BCUT2D eigenvalue weighted by Crippen LogP contribution is 2.32. The molecule has 1 rings (SSSR count). The van der Waals surface area contributed by atoms with Crippen LogP contribution in [0.2, 0.25) is 0 Å². The monoisotopic (exact) mass is 183 g/mol. The summed E-state index contributed by atoms with van der Waals surface area (Å²) in [6.45, 7) is 2.22. The van der Waals surface area contributed by atoms with Gasteiger partial charge in [0.15, 0.2) is 0 Å². The molecule has 0 aromatic rings. The lowest BCUT2D eigenvalue weighted by molar-refractivity contribution is -0.137. The van der Waals surface area contributed by atoms with E-state index >= 15 is 0 Å². The Morgan fingerprint density at radius 1 is 1.62 bits per heavy atom. The number of ether oxygens (including phenoxy) is 1. The van der Waals surface area contributed by atoms with E-state index in [1.165, 1.54) is 12.5 Å². The number of carbonyl (C=O) groups is 1. The molecule has 1 aliphatic rings. The Morgan fingerprint density at radius 2 is 2.31 bits per heavy atom. The standard InChI is InChI=1S/C10H17NO2/c1-2-13-9(12)5-3-6-10(11)7-4-8-10/h3,5H,2,4,6-8,11H2,1H3/b5-3+. The maximum atomic E-state index is 10.9. The molecule has 0 amide bonds. The molecule has 2 N–H and O–H groups in total. The summed E-state index contributed by atoms with van der Waals surface area (Å²) in [6, 6.07) is 0. The molecule has 0 heterocycles. The quantitative estimate of drug-likeness (QED) is 0.529. The van der Waals surface area contributed by atoms with E-state index in [0.717, 1.165) is 19.3 Å². The van der Waals surface area contributed by atoms with Crippen LogP contribution in [0.4, 0.5) is 0 Å². The molecule has 0 saturated heterocycles. The van der Waals surface area contributed by atoms with Crippen molar-refractivity contribution in [3.05, 3.63) is 12.2 Å². The number of carbonyl (C=O) groups excluding carboxylic acids is 1. The van der Waals surface area contributed by atoms with Crippen molar-refractivity contribution in [1.82, 2.24) is 0 Å². The zero-order chi connectivity index (χ0) is 9.73. The van der Waals surface area contributed by atoms with Crippen LogP contribution in [0.3, 0.4) is 0 Å². The average Bonchev–Trinajstić information content (AvgIpc) is 2.02. The van der Waals surface area contributed by atoms with Gasteiger partial charge >= 0.3 is 5.97 Å². The zero-order valence-corrected chi connectivity index (χ0v) is 8.08. The van der Waals surface area contributed by atoms with Crippen LogP contribution in [0.5, 0.6) is 0 Å². The van der Waals surface area contributed by atoms with E-state index in [9.17, 15) is 4.79 Å². The lowest BCUT2D eigenvalue weighted by Gasteiger charge is -2.37. The number of rotatable bonds is 4. The minimum atomic E-state index is -0.273. The van der Waals surface area contributed by atoms with E-state index in [4.69, 9.17) is 10.5 Å². The molecule has 1 aliphatic carbocycles. The summed E-state index contributed by atoms with van der Waals surface area (Å²) in [5.74, 6) is -0.273. The van der Waals surface area contributed by atoms with E-state index < -0.39 is 0 Å². The predicted molar refractivity (Wildman–Crippen MR) is 51.2 cm³/mol. The second kappa shape index (κ2) is 4.42. The van der Waals surface area contributed by atoms with Gasteiger partial charge in [-0.15, -0.1) is 0 Å². The molecule has 0 unspecified atom stereocenters. The molecule has 0 aromatic carbocycles. The van der Waals surface area contributed by atoms with E-state index in [1.807, 2.05) is 6.08 Å². The Hall–Kier alpha value is -0.830. The highest BCUT2D eigenvalue weighted by Gasteiger charge is 2.30. The summed E-state index contributed by atoms with van der Waals surface area (Å²) in [5, 5.41) is 0. The first-order chi connectivity index (χ1) is 6.16. The molecule has 1 saturated carbocycles. The fourth-order valence-electron chi connectivity index (χ4n) is 1.42. The van der Waals surface area contributed by atoms with Crippen LogP contribution in [0.25, 0.3) is 0 Å². The Labute approximate surface area is 78.9 Å². The molecule has 0 bridgehead atoms. The van der Waals surface area contributed by atoms with E-state index in [1.54, 1.807) is 6.92 Å². The van der Waals surface area contributed by atoms with Gasteiger partial charge in [-0.25, -0.2) is 4.79 Å². The van der Waals surface area contributed by atoms with Crippen molar-refractivity contribution in [2.75, 3.05) is 6.61 Å². The normalized spacial score (nSPS) is 19.8. The maximum absolute atomic E-state index is 10.9. The first kappa shape index (κ1) is 10.3. The highest BCUT2D eigenvalue weighted by molar-refractivity contribution is 5.81. The van der Waals surface area contributed by atoms with Crippen molar-refractivity contribution in [3.63, 3.8) is 0 Å². The van der Waals surface area contributed by atoms with Gasteiger partial charge in [0.25, 0.3) is 0 Å². The molecule has 0 aliphatic heterocycles. The van der Waals surface area contributed by atoms with Crippen molar-refractivity contribution in [2.24, 2.45) is 5.73 Å². The van der Waals surface area contributed by atoms with Crippen molar-refractivity contribution < 1.29 is 9.53 Å². The van der Waals surface area contributed by atoms with Crippen molar-refractivity contribution >= 4 is 5.97 Å². The Kier molecular flexibility index (Phi) is 3.48. The number of esters is 1. The molecule has 0 radical (unpaired) electrons. The van der Waals surface area contributed by atoms with Crippen molar-refractivity contribution in [3.8, 4) is 0 Å². The Morgan fingerprint density at radius 3 is 2.77 bits per heavy atom. The maximum Gasteiger partial charge on any atom is 0.330 e. The molecule has 0 spiro atoms. The third-order valence-corrected chi connectivity index (χ3v) is 2.41. The predicted octanol–water partition coefficient (Wildman–Crippen LogP) is 1.38. The highest BCUT2D eigenvalue weighted by atomic mass is 16.5. The van der Waals surface area contributed by atoms with Crippen LogP contribution in [0.15, 0.2) is 12.2 Å². The van der Waals surface area contributed by atoms with Crippen LogP contribution in [0.1, 0.15) is 32.6 Å². The molecule has 3 heteroatoms. The molecular weight excluding hydrogens is 166 g/mol. The number of hydrogen-bond donors (Lipinski definition) is 1. The summed E-state index contributed by atoms with van der Waals surface area (Å²) >= 11 is 0. The van der Waals surface area contributed by atoms with Crippen LogP contribution >= 0.6 is 0 Å². The van der Waals surface area contributed by atoms with E-state index in [2.05, 4.69) is 0 Å². The number of hydrogen-bond acceptors (Lipinski definition) is 3. The van der Waals surface area contributed by atoms with Gasteiger partial charge in [-0.05, 0) is 32.6 Å². The van der Waals surface area contributed by atoms with Crippen LogP contribution in [-0.2, 0) is 9.53 Å². The first-order valence-corrected chi connectivity index (χ1v) is 4.78. The molecular formula is C10H17NO2. The van der Waals surface area contributed by atoms with Crippen LogP contribution in [0, 0.1) is 0 Å². The topological polar surface area (TPSA) is 52.3 Å². The van der Waals surface area contributed by atoms with Crippen LogP contribution in [-0.4, -0.2) is 18.1 Å². The smallest absolute Gasteiger partial charge is 0.330 e. The first-order valence-electron chi connectivity index (χ1n) is 4.78. The SMILES string of the molecule is CCOC(=O)/C=C/CC1(N)CCC1. The Bertz CT molecular complexity index is 207. The van der Waals surface area contributed by atoms with Gasteiger partial charge < -0.3 is 10.5 Å². The van der Waals surface area contributed by atoms with E-state index in [0.29, 0.717) is 6.61 Å². The lowest BCUT2D eigenvalue weighted by Crippen LogP contribution is -2.45. The molecule has 13 heavy (non-hydrogen) atoms. The average molecular weight is 183 g/mol. The fraction of sp³-hybridized carbons (Fsp3) is 0.700. The van der Waals surface area contributed by atoms with Gasteiger partial charge in [-0.1, -0.05) is 6.08 Å². The third kappa shape index (κ3) is 3.19. The van der Waals surface area contributed by atoms with Gasteiger partial charge in [0.2, 0.25) is 0 Å². The summed E-state index contributed by atoms with van der Waals surface area (Å²) < 4.78 is 4.74. The molecule has 74 valence electrons. The van der Waals surface area contributed by atoms with E-state index in [-0.39, 0.29) is 11.5 Å². The Balaban J connectivity index is 2.20. The lowest BCUT2D eigenvalue weighted by atomic mass is 9.75. The summed E-state index contributed by atoms with van der Waals surface area (Å²) in [6.07, 6.45) is 7.42. The summed E-state index contributed by atoms with van der Waals surface area (Å²) in [4.78, 5) is 10.9. The van der Waals surface area contributed by atoms with Gasteiger partial charge in [0.05, 0.1) is 6.61 Å². The molecule has 0 atom stereocenters. The second-order valence-corrected chi connectivity index (χ2v) is 3.57. The fourth-order valence-corrected chi connectivity index (χ4v) is 1.42. The van der Waals surface area contributed by atoms with Gasteiger partial charge in [-0.2, -0.15) is 0 Å². The molecule has 1 fully saturated rings. The summed E-state index contributed by atoms with van der Waals surface area (Å²) in [7, 11) is 0. The molecule has 3 nitrogen and oxygen atoms in total. The summed E-state index contributed by atoms with van der Waals surface area (Å²) in [5.41, 5.74) is 5.92. The largest absolute Gasteiger partial charge is 0.463 e. The van der Waals surface area contributed by atoms with Gasteiger partial charge in [0, 0.05) is 11.6 Å². The number of nitrogens with two attached hydrogens (primary N) is 1.